The monoisotopic (exact) mass is 306 g/mol. The minimum absolute atomic E-state index is 0.0136. The van der Waals surface area contributed by atoms with E-state index in [2.05, 4.69) is 17.0 Å². The van der Waals surface area contributed by atoms with Crippen molar-refractivity contribution >= 4 is 5.91 Å². The molecule has 0 saturated heterocycles. The first-order chi connectivity index (χ1) is 11.0. The molecule has 0 fully saturated rings. The first kappa shape index (κ1) is 15.0. The maximum Gasteiger partial charge on any atom is 0.288 e. The van der Waals surface area contributed by atoms with Crippen LogP contribution in [0.4, 0.5) is 0 Å². The van der Waals surface area contributed by atoms with Crippen molar-refractivity contribution in [3.05, 3.63) is 65.0 Å². The second-order valence-corrected chi connectivity index (χ2v) is 5.67. The van der Waals surface area contributed by atoms with Crippen molar-refractivity contribution < 1.29 is 4.79 Å². The number of amides is 1. The van der Waals surface area contributed by atoms with Gasteiger partial charge >= 0.3 is 0 Å². The molecule has 0 atom stereocenters. The van der Waals surface area contributed by atoms with Gasteiger partial charge in [-0.1, -0.05) is 29.8 Å². The van der Waals surface area contributed by atoms with Crippen molar-refractivity contribution in [1.29, 1.82) is 0 Å². The van der Waals surface area contributed by atoms with E-state index in [1.807, 2.05) is 56.3 Å². The molecule has 3 aromatic rings. The smallest absolute Gasteiger partial charge is 0.288 e. The Hall–Kier alpha value is -2.95. The summed E-state index contributed by atoms with van der Waals surface area (Å²) in [6.45, 7) is 6.10. The quantitative estimate of drug-likeness (QED) is 0.808. The van der Waals surface area contributed by atoms with Crippen LogP contribution in [0.5, 0.6) is 0 Å². The van der Waals surface area contributed by atoms with E-state index in [4.69, 9.17) is 5.73 Å². The number of rotatable bonds is 3. The van der Waals surface area contributed by atoms with Gasteiger partial charge in [-0.15, -0.1) is 5.10 Å². The second-order valence-electron chi connectivity index (χ2n) is 5.67. The summed E-state index contributed by atoms with van der Waals surface area (Å²) < 4.78 is 1.67. The van der Waals surface area contributed by atoms with Crippen molar-refractivity contribution in [2.45, 2.75) is 20.8 Å². The van der Waals surface area contributed by atoms with Crippen molar-refractivity contribution in [3.63, 3.8) is 0 Å². The van der Waals surface area contributed by atoms with Gasteiger partial charge in [0.25, 0.3) is 5.91 Å². The number of carbonyl (C=O) groups is 1. The van der Waals surface area contributed by atoms with Crippen molar-refractivity contribution in [3.8, 4) is 17.1 Å². The van der Waals surface area contributed by atoms with Gasteiger partial charge in [0, 0.05) is 5.56 Å². The molecule has 5 heteroatoms. The molecular weight excluding hydrogens is 288 g/mol. The van der Waals surface area contributed by atoms with Crippen molar-refractivity contribution in [2.75, 3.05) is 0 Å². The summed E-state index contributed by atoms with van der Waals surface area (Å²) in [5, 5.41) is 4.29. The standard InChI is InChI=1S/C18H18N4O/c1-11-5-4-6-14(9-11)18-20-17(16(19)23)21-22(18)15-8-7-12(2)13(3)10-15/h4-10H,1-3H3,(H2,19,23). The molecule has 0 bridgehead atoms. The first-order valence-electron chi connectivity index (χ1n) is 7.37. The van der Waals surface area contributed by atoms with Gasteiger partial charge in [0.1, 0.15) is 0 Å². The van der Waals surface area contributed by atoms with Crippen LogP contribution in [0.15, 0.2) is 42.5 Å². The number of nitrogens with zero attached hydrogens (tertiary/aromatic N) is 3. The number of hydrogen-bond donors (Lipinski definition) is 1. The van der Waals surface area contributed by atoms with E-state index in [1.54, 1.807) is 4.68 Å². The van der Waals surface area contributed by atoms with Gasteiger partial charge in [-0.25, -0.2) is 9.67 Å². The Bertz CT molecular complexity index is 896. The molecule has 0 aliphatic heterocycles. The van der Waals surface area contributed by atoms with Crippen LogP contribution in [-0.2, 0) is 0 Å². The maximum atomic E-state index is 11.5. The summed E-state index contributed by atoms with van der Waals surface area (Å²) in [4.78, 5) is 15.8. The molecule has 3 rings (SSSR count). The van der Waals surface area contributed by atoms with Gasteiger partial charge in [0.2, 0.25) is 5.82 Å². The first-order valence-corrected chi connectivity index (χ1v) is 7.37. The van der Waals surface area contributed by atoms with Gasteiger partial charge in [0.05, 0.1) is 5.69 Å². The van der Waals surface area contributed by atoms with E-state index in [0.717, 1.165) is 22.4 Å². The van der Waals surface area contributed by atoms with Crippen molar-refractivity contribution in [1.82, 2.24) is 14.8 Å². The van der Waals surface area contributed by atoms with Crippen LogP contribution in [0.3, 0.4) is 0 Å². The predicted octanol–water partition coefficient (Wildman–Crippen LogP) is 2.96. The number of aryl methyl sites for hydroxylation is 3. The molecule has 5 nitrogen and oxygen atoms in total. The average molecular weight is 306 g/mol. The van der Waals surface area contributed by atoms with E-state index in [-0.39, 0.29) is 5.82 Å². The molecule has 0 unspecified atom stereocenters. The minimum Gasteiger partial charge on any atom is -0.363 e. The minimum atomic E-state index is -0.638. The molecule has 1 aromatic heterocycles. The zero-order valence-electron chi connectivity index (χ0n) is 13.4. The SMILES string of the molecule is Cc1cccc(-c2nc(C(N)=O)nn2-c2ccc(C)c(C)c2)c1. The summed E-state index contributed by atoms with van der Waals surface area (Å²) >= 11 is 0. The number of aromatic nitrogens is 3. The molecule has 0 aliphatic carbocycles. The van der Waals surface area contributed by atoms with Crippen LogP contribution in [0.25, 0.3) is 17.1 Å². The predicted molar refractivity (Wildman–Crippen MR) is 89.5 cm³/mol. The lowest BCUT2D eigenvalue weighted by molar-refractivity contribution is 0.0990. The zero-order chi connectivity index (χ0) is 16.6. The van der Waals surface area contributed by atoms with E-state index in [0.29, 0.717) is 5.82 Å². The molecule has 0 saturated carbocycles. The van der Waals surface area contributed by atoms with Crippen molar-refractivity contribution in [2.24, 2.45) is 5.73 Å². The highest BCUT2D eigenvalue weighted by Gasteiger charge is 2.17. The molecule has 1 heterocycles. The topological polar surface area (TPSA) is 73.8 Å². The van der Waals surface area contributed by atoms with Crippen LogP contribution in [0.2, 0.25) is 0 Å². The van der Waals surface area contributed by atoms with Crippen LogP contribution in [0.1, 0.15) is 27.3 Å². The summed E-state index contributed by atoms with van der Waals surface area (Å²) in [6, 6.07) is 13.9. The average Bonchev–Trinajstić information content (AvgIpc) is 2.95. The highest BCUT2D eigenvalue weighted by Crippen LogP contribution is 2.23. The second kappa shape index (κ2) is 5.68. The van der Waals surface area contributed by atoms with Gasteiger partial charge in [-0.05, 0) is 50.1 Å². The van der Waals surface area contributed by atoms with Gasteiger partial charge in [0.15, 0.2) is 5.82 Å². The fraction of sp³-hybridized carbons (Fsp3) is 0.167. The molecule has 0 radical (unpaired) electrons. The summed E-state index contributed by atoms with van der Waals surface area (Å²) in [7, 11) is 0. The summed E-state index contributed by atoms with van der Waals surface area (Å²) in [6.07, 6.45) is 0. The third kappa shape index (κ3) is 2.85. The Morgan fingerprint density at radius 2 is 1.83 bits per heavy atom. The Balaban J connectivity index is 2.22. The normalized spacial score (nSPS) is 10.7. The van der Waals surface area contributed by atoms with Gasteiger partial charge in [-0.3, -0.25) is 4.79 Å². The van der Waals surface area contributed by atoms with Gasteiger partial charge < -0.3 is 5.73 Å². The highest BCUT2D eigenvalue weighted by atomic mass is 16.1. The number of nitrogens with two attached hydrogens (primary N) is 1. The fourth-order valence-electron chi connectivity index (χ4n) is 2.42. The molecule has 2 N–H and O–H groups in total. The van der Waals surface area contributed by atoms with Crippen LogP contribution in [-0.4, -0.2) is 20.7 Å². The van der Waals surface area contributed by atoms with Crippen LogP contribution >= 0.6 is 0 Å². The lowest BCUT2D eigenvalue weighted by Gasteiger charge is -2.08. The Kier molecular flexibility index (Phi) is 3.70. The molecule has 2 aromatic carbocycles. The number of primary amides is 1. The molecule has 0 spiro atoms. The number of carbonyl (C=O) groups excluding carboxylic acids is 1. The maximum absolute atomic E-state index is 11.5. The fourth-order valence-corrected chi connectivity index (χ4v) is 2.42. The number of hydrogen-bond acceptors (Lipinski definition) is 3. The molecule has 116 valence electrons. The third-order valence-corrected chi connectivity index (χ3v) is 3.84. The summed E-state index contributed by atoms with van der Waals surface area (Å²) in [5.74, 6) is -0.0213. The van der Waals surface area contributed by atoms with E-state index in [9.17, 15) is 4.79 Å². The number of benzene rings is 2. The molecular formula is C18H18N4O. The summed E-state index contributed by atoms with van der Waals surface area (Å²) in [5.41, 5.74) is 10.6. The van der Waals surface area contributed by atoms with E-state index < -0.39 is 5.91 Å². The Labute approximate surface area is 134 Å². The molecule has 1 amide bonds. The zero-order valence-corrected chi connectivity index (χ0v) is 13.4. The lowest BCUT2D eigenvalue weighted by Crippen LogP contribution is -2.13. The third-order valence-electron chi connectivity index (χ3n) is 3.84. The Morgan fingerprint density at radius 3 is 2.48 bits per heavy atom. The largest absolute Gasteiger partial charge is 0.363 e. The Morgan fingerprint density at radius 1 is 1.04 bits per heavy atom. The van der Waals surface area contributed by atoms with E-state index >= 15 is 0 Å². The van der Waals surface area contributed by atoms with Gasteiger partial charge in [-0.2, -0.15) is 0 Å². The molecule has 23 heavy (non-hydrogen) atoms. The van der Waals surface area contributed by atoms with Crippen LogP contribution in [0, 0.1) is 20.8 Å². The van der Waals surface area contributed by atoms with E-state index in [1.165, 1.54) is 5.56 Å². The highest BCUT2D eigenvalue weighted by molar-refractivity contribution is 5.89. The molecule has 0 aliphatic rings. The lowest BCUT2D eigenvalue weighted by atomic mass is 10.1. The van der Waals surface area contributed by atoms with Crippen LogP contribution < -0.4 is 5.73 Å².